The summed E-state index contributed by atoms with van der Waals surface area (Å²) in [5, 5.41) is 9.55. The van der Waals surface area contributed by atoms with E-state index in [1.807, 2.05) is 38.1 Å². The molecule has 0 amide bonds. The highest BCUT2D eigenvalue weighted by Crippen LogP contribution is 2.42. The Hall–Kier alpha value is -1.51. The zero-order valence-corrected chi connectivity index (χ0v) is 11.0. The predicted molar refractivity (Wildman–Crippen MR) is 70.0 cm³/mol. The van der Waals surface area contributed by atoms with Gasteiger partial charge in [-0.2, -0.15) is 0 Å². The van der Waals surface area contributed by atoms with Gasteiger partial charge in [0.25, 0.3) is 0 Å². The third-order valence-electron chi connectivity index (χ3n) is 3.62. The van der Waals surface area contributed by atoms with Crippen molar-refractivity contribution in [3.8, 4) is 5.75 Å². The molecule has 0 heterocycles. The Morgan fingerprint density at radius 2 is 2.00 bits per heavy atom. The summed E-state index contributed by atoms with van der Waals surface area (Å²) in [6.45, 7) is 3.93. The molecule has 0 bridgehead atoms. The molecule has 0 saturated heterocycles. The number of benzene rings is 1. The lowest BCUT2D eigenvalue weighted by atomic mass is 9.79. The Morgan fingerprint density at radius 1 is 1.33 bits per heavy atom. The van der Waals surface area contributed by atoms with Gasteiger partial charge in [0.2, 0.25) is 0 Å². The van der Waals surface area contributed by atoms with Gasteiger partial charge < -0.3 is 9.84 Å². The topological polar surface area (TPSA) is 46.5 Å². The number of rotatable bonds is 4. The normalized spacial score (nSPS) is 17.9. The summed E-state index contributed by atoms with van der Waals surface area (Å²) in [7, 11) is 0. The first kappa shape index (κ1) is 12.9. The van der Waals surface area contributed by atoms with Crippen LogP contribution in [0.15, 0.2) is 24.3 Å². The van der Waals surface area contributed by atoms with Gasteiger partial charge in [-0.05, 0) is 44.4 Å². The Kier molecular flexibility index (Phi) is 3.60. The molecule has 0 atom stereocenters. The monoisotopic (exact) mass is 248 g/mol. The summed E-state index contributed by atoms with van der Waals surface area (Å²) >= 11 is 0. The van der Waals surface area contributed by atoms with Crippen molar-refractivity contribution in [2.24, 2.45) is 0 Å². The maximum absolute atomic E-state index is 11.6. The van der Waals surface area contributed by atoms with Gasteiger partial charge in [-0.3, -0.25) is 4.79 Å². The molecule has 0 unspecified atom stereocenters. The highest BCUT2D eigenvalue weighted by molar-refractivity contribution is 5.82. The summed E-state index contributed by atoms with van der Waals surface area (Å²) in [5.74, 6) is 0.0525. The van der Waals surface area contributed by atoms with Crippen LogP contribution in [0.1, 0.15) is 45.1 Å². The van der Waals surface area contributed by atoms with E-state index < -0.39 is 11.4 Å². The smallest absolute Gasteiger partial charge is 0.314 e. The van der Waals surface area contributed by atoms with Gasteiger partial charge in [0.15, 0.2) is 0 Å². The van der Waals surface area contributed by atoms with E-state index in [2.05, 4.69) is 0 Å². The Balaban J connectivity index is 2.34. The quantitative estimate of drug-likeness (QED) is 0.888. The van der Waals surface area contributed by atoms with E-state index in [1.54, 1.807) is 0 Å². The fraction of sp³-hybridized carbons (Fsp3) is 0.533. The lowest BCUT2D eigenvalue weighted by Crippen LogP contribution is -2.32. The minimum Gasteiger partial charge on any atom is -0.491 e. The van der Waals surface area contributed by atoms with Crippen molar-refractivity contribution in [2.45, 2.75) is 51.0 Å². The first-order valence-corrected chi connectivity index (χ1v) is 6.55. The second-order valence-electron chi connectivity index (χ2n) is 5.29. The molecular weight excluding hydrogens is 228 g/mol. The van der Waals surface area contributed by atoms with Gasteiger partial charge in [0, 0.05) is 0 Å². The van der Waals surface area contributed by atoms with Gasteiger partial charge in [0.05, 0.1) is 11.5 Å². The molecule has 1 N–H and O–H groups in total. The van der Waals surface area contributed by atoms with Gasteiger partial charge in [-0.15, -0.1) is 0 Å². The number of ether oxygens (including phenoxy) is 1. The Bertz CT molecular complexity index is 431. The second kappa shape index (κ2) is 5.01. The van der Waals surface area contributed by atoms with Crippen LogP contribution in [0.4, 0.5) is 0 Å². The fourth-order valence-electron chi connectivity index (χ4n) is 2.74. The number of hydrogen-bond donors (Lipinski definition) is 1. The molecule has 18 heavy (non-hydrogen) atoms. The summed E-state index contributed by atoms with van der Waals surface area (Å²) < 4.78 is 5.65. The first-order valence-electron chi connectivity index (χ1n) is 6.55. The highest BCUT2D eigenvalue weighted by atomic mass is 16.5. The van der Waals surface area contributed by atoms with E-state index in [1.165, 1.54) is 0 Å². The van der Waals surface area contributed by atoms with Crippen LogP contribution in [0.5, 0.6) is 5.75 Å². The van der Waals surface area contributed by atoms with Gasteiger partial charge in [-0.25, -0.2) is 0 Å². The molecule has 1 aromatic carbocycles. The largest absolute Gasteiger partial charge is 0.491 e. The second-order valence-corrected chi connectivity index (χ2v) is 5.29. The number of aliphatic carboxylic acids is 1. The lowest BCUT2D eigenvalue weighted by Gasteiger charge is -2.25. The third-order valence-corrected chi connectivity index (χ3v) is 3.62. The van der Waals surface area contributed by atoms with Crippen LogP contribution >= 0.6 is 0 Å². The number of carboxylic acids is 1. The summed E-state index contributed by atoms with van der Waals surface area (Å²) in [6, 6.07) is 7.57. The van der Waals surface area contributed by atoms with Gasteiger partial charge >= 0.3 is 5.97 Å². The zero-order chi connectivity index (χ0) is 13.2. The molecule has 0 aromatic heterocycles. The van der Waals surface area contributed by atoms with Crippen molar-refractivity contribution in [2.75, 3.05) is 0 Å². The third kappa shape index (κ3) is 2.35. The molecule has 0 radical (unpaired) electrons. The number of hydrogen-bond acceptors (Lipinski definition) is 2. The summed E-state index contributed by atoms with van der Waals surface area (Å²) in [4.78, 5) is 11.6. The van der Waals surface area contributed by atoms with Crippen LogP contribution in [0, 0.1) is 0 Å². The summed E-state index contributed by atoms with van der Waals surface area (Å²) in [5.41, 5.74) is 0.182. The van der Waals surface area contributed by atoms with E-state index in [9.17, 15) is 9.90 Å². The zero-order valence-electron chi connectivity index (χ0n) is 11.0. The van der Waals surface area contributed by atoms with E-state index >= 15 is 0 Å². The first-order chi connectivity index (χ1) is 8.54. The molecule has 1 saturated carbocycles. The molecule has 2 rings (SSSR count). The fourth-order valence-corrected chi connectivity index (χ4v) is 2.74. The van der Waals surface area contributed by atoms with Crippen LogP contribution in [0.3, 0.4) is 0 Å². The van der Waals surface area contributed by atoms with Gasteiger partial charge in [-0.1, -0.05) is 25.0 Å². The van der Waals surface area contributed by atoms with Crippen molar-refractivity contribution >= 4 is 5.97 Å². The van der Waals surface area contributed by atoms with Crippen molar-refractivity contribution in [1.82, 2.24) is 0 Å². The predicted octanol–water partition coefficient (Wildman–Crippen LogP) is 3.37. The molecule has 3 nitrogen and oxygen atoms in total. The highest BCUT2D eigenvalue weighted by Gasteiger charge is 2.42. The maximum Gasteiger partial charge on any atom is 0.314 e. The van der Waals surface area contributed by atoms with Crippen LogP contribution in [-0.2, 0) is 10.2 Å². The van der Waals surface area contributed by atoms with E-state index in [4.69, 9.17) is 4.74 Å². The van der Waals surface area contributed by atoms with Crippen molar-refractivity contribution < 1.29 is 14.6 Å². The average molecular weight is 248 g/mol. The Morgan fingerprint density at radius 3 is 2.56 bits per heavy atom. The molecule has 1 aliphatic carbocycles. The average Bonchev–Trinajstić information content (AvgIpc) is 2.78. The van der Waals surface area contributed by atoms with Crippen LogP contribution in [-0.4, -0.2) is 17.2 Å². The summed E-state index contributed by atoms with van der Waals surface area (Å²) in [6.07, 6.45) is 3.54. The Labute approximate surface area is 108 Å². The van der Waals surface area contributed by atoms with Gasteiger partial charge in [0.1, 0.15) is 5.75 Å². The van der Waals surface area contributed by atoms with Crippen LogP contribution in [0.2, 0.25) is 0 Å². The van der Waals surface area contributed by atoms with Crippen LogP contribution < -0.4 is 4.74 Å². The van der Waals surface area contributed by atoms with Crippen molar-refractivity contribution in [3.63, 3.8) is 0 Å². The SMILES string of the molecule is CC(C)Oc1cccc(C2(C(=O)O)CCCC2)c1. The molecule has 1 aromatic rings. The molecule has 0 spiro atoms. The molecular formula is C15H20O3. The number of carbonyl (C=O) groups is 1. The minimum atomic E-state index is -0.707. The maximum atomic E-state index is 11.6. The minimum absolute atomic E-state index is 0.101. The number of carboxylic acid groups (broad SMARTS) is 1. The van der Waals surface area contributed by atoms with Crippen molar-refractivity contribution in [1.29, 1.82) is 0 Å². The molecule has 98 valence electrons. The van der Waals surface area contributed by atoms with E-state index in [0.717, 1.165) is 37.0 Å². The van der Waals surface area contributed by atoms with E-state index in [-0.39, 0.29) is 6.10 Å². The van der Waals surface area contributed by atoms with E-state index in [0.29, 0.717) is 0 Å². The van der Waals surface area contributed by atoms with Crippen molar-refractivity contribution in [3.05, 3.63) is 29.8 Å². The lowest BCUT2D eigenvalue weighted by molar-refractivity contribution is -0.143. The molecule has 0 aliphatic heterocycles. The molecule has 1 aliphatic rings. The molecule has 3 heteroatoms. The standard InChI is InChI=1S/C15H20O3/c1-11(2)18-13-7-5-6-12(10-13)15(14(16)17)8-3-4-9-15/h5-7,10-11H,3-4,8-9H2,1-2H3,(H,16,17). The van der Waals surface area contributed by atoms with Crippen LogP contribution in [0.25, 0.3) is 0 Å². The molecule has 1 fully saturated rings.